The molecular weight excluding hydrogens is 331 g/mol. The standard InChI is InChI=1S/C14H10ClFN2OS2/c1-8(21-9-4-5-11(16)10(15)7-9)14-17-13(18-19-14)12-3-2-6-20-12/h2-8H,1H3/t8-/m1/s1. The van der Waals surface area contributed by atoms with Gasteiger partial charge in [-0.2, -0.15) is 4.98 Å². The first-order valence-corrected chi connectivity index (χ1v) is 8.26. The van der Waals surface area contributed by atoms with Gasteiger partial charge in [0.25, 0.3) is 0 Å². The highest BCUT2D eigenvalue weighted by Crippen LogP contribution is 2.36. The van der Waals surface area contributed by atoms with Crippen LogP contribution >= 0.6 is 34.7 Å². The van der Waals surface area contributed by atoms with E-state index in [4.69, 9.17) is 16.1 Å². The Balaban J connectivity index is 1.76. The lowest BCUT2D eigenvalue weighted by Crippen LogP contribution is -1.89. The smallest absolute Gasteiger partial charge is 0.240 e. The first-order chi connectivity index (χ1) is 10.1. The summed E-state index contributed by atoms with van der Waals surface area (Å²) in [4.78, 5) is 6.21. The summed E-state index contributed by atoms with van der Waals surface area (Å²) in [6, 6.07) is 8.50. The zero-order chi connectivity index (χ0) is 14.8. The number of aromatic nitrogens is 2. The van der Waals surface area contributed by atoms with E-state index in [-0.39, 0.29) is 10.3 Å². The van der Waals surface area contributed by atoms with Crippen molar-refractivity contribution in [2.75, 3.05) is 0 Å². The summed E-state index contributed by atoms with van der Waals surface area (Å²) < 4.78 is 18.4. The van der Waals surface area contributed by atoms with Crippen LogP contribution in [0.25, 0.3) is 10.7 Å². The molecule has 1 aromatic carbocycles. The average molecular weight is 341 g/mol. The number of thioether (sulfide) groups is 1. The molecule has 108 valence electrons. The molecular formula is C14H10ClFN2OS2. The Bertz CT molecular complexity index is 745. The maximum absolute atomic E-state index is 13.1. The minimum absolute atomic E-state index is 0.0484. The second kappa shape index (κ2) is 6.17. The van der Waals surface area contributed by atoms with E-state index in [1.54, 1.807) is 23.5 Å². The van der Waals surface area contributed by atoms with Crippen LogP contribution in [0.4, 0.5) is 4.39 Å². The van der Waals surface area contributed by atoms with Crippen LogP contribution in [0.3, 0.4) is 0 Å². The largest absolute Gasteiger partial charge is 0.338 e. The van der Waals surface area contributed by atoms with Crippen molar-refractivity contribution in [1.82, 2.24) is 10.1 Å². The van der Waals surface area contributed by atoms with Crippen molar-refractivity contribution < 1.29 is 8.91 Å². The molecule has 0 bridgehead atoms. The van der Waals surface area contributed by atoms with E-state index in [0.29, 0.717) is 11.7 Å². The maximum Gasteiger partial charge on any atom is 0.240 e. The highest BCUT2D eigenvalue weighted by atomic mass is 35.5. The van der Waals surface area contributed by atoms with E-state index in [1.165, 1.54) is 17.8 Å². The molecule has 0 saturated heterocycles. The number of benzene rings is 1. The molecule has 2 aromatic heterocycles. The van der Waals surface area contributed by atoms with Crippen molar-refractivity contribution in [3.8, 4) is 10.7 Å². The fourth-order valence-electron chi connectivity index (χ4n) is 1.71. The third-order valence-electron chi connectivity index (χ3n) is 2.73. The molecule has 0 spiro atoms. The molecule has 3 rings (SSSR count). The van der Waals surface area contributed by atoms with Crippen molar-refractivity contribution in [2.45, 2.75) is 17.1 Å². The molecule has 0 N–H and O–H groups in total. The van der Waals surface area contributed by atoms with Crippen LogP contribution in [-0.4, -0.2) is 10.1 Å². The molecule has 0 aliphatic heterocycles. The molecule has 0 radical (unpaired) electrons. The lowest BCUT2D eigenvalue weighted by molar-refractivity contribution is 0.381. The Hall–Kier alpha value is -1.37. The van der Waals surface area contributed by atoms with Gasteiger partial charge in [0.2, 0.25) is 11.7 Å². The van der Waals surface area contributed by atoms with Crippen LogP contribution in [0.1, 0.15) is 18.1 Å². The molecule has 0 aliphatic rings. The summed E-state index contributed by atoms with van der Waals surface area (Å²) in [5.41, 5.74) is 0. The zero-order valence-electron chi connectivity index (χ0n) is 10.9. The van der Waals surface area contributed by atoms with Crippen LogP contribution in [0, 0.1) is 5.82 Å². The van der Waals surface area contributed by atoms with E-state index in [1.807, 2.05) is 24.4 Å². The van der Waals surface area contributed by atoms with E-state index in [0.717, 1.165) is 9.77 Å². The Labute approximate surface area is 134 Å². The number of hydrogen-bond donors (Lipinski definition) is 0. The molecule has 7 heteroatoms. The van der Waals surface area contributed by atoms with Crippen molar-refractivity contribution in [2.24, 2.45) is 0 Å². The first kappa shape index (κ1) is 14.6. The van der Waals surface area contributed by atoms with E-state index >= 15 is 0 Å². The second-order valence-corrected chi connectivity index (χ2v) is 7.04. The van der Waals surface area contributed by atoms with Crippen molar-refractivity contribution in [1.29, 1.82) is 0 Å². The lowest BCUT2D eigenvalue weighted by Gasteiger charge is -2.06. The summed E-state index contributed by atoms with van der Waals surface area (Å²) in [5.74, 6) is 0.694. The third kappa shape index (κ3) is 3.28. The van der Waals surface area contributed by atoms with Gasteiger partial charge in [-0.05, 0) is 36.6 Å². The number of thiophene rings is 1. The molecule has 0 amide bonds. The molecule has 3 nitrogen and oxygen atoms in total. The van der Waals surface area contributed by atoms with Crippen LogP contribution in [0.15, 0.2) is 45.1 Å². The van der Waals surface area contributed by atoms with Crippen LogP contribution in [0.5, 0.6) is 0 Å². The summed E-state index contributed by atoms with van der Waals surface area (Å²) in [7, 11) is 0. The van der Waals surface area contributed by atoms with E-state index in [2.05, 4.69) is 10.1 Å². The summed E-state index contributed by atoms with van der Waals surface area (Å²) in [6.07, 6.45) is 0. The van der Waals surface area contributed by atoms with Gasteiger partial charge >= 0.3 is 0 Å². The number of hydrogen-bond acceptors (Lipinski definition) is 5. The van der Waals surface area contributed by atoms with Gasteiger partial charge in [0.15, 0.2) is 0 Å². The zero-order valence-corrected chi connectivity index (χ0v) is 13.3. The number of nitrogens with zero attached hydrogens (tertiary/aromatic N) is 2. The molecule has 0 unspecified atom stereocenters. The predicted octanol–water partition coefficient (Wildman–Crippen LogP) is 5.44. The molecule has 21 heavy (non-hydrogen) atoms. The Morgan fingerprint density at radius 3 is 2.95 bits per heavy atom. The SMILES string of the molecule is C[C@@H](Sc1ccc(F)c(Cl)c1)c1nc(-c2cccs2)no1. The van der Waals surface area contributed by atoms with Gasteiger partial charge in [-0.3, -0.25) is 0 Å². The Morgan fingerprint density at radius 1 is 1.38 bits per heavy atom. The Kier molecular flexibility index (Phi) is 4.28. The van der Waals surface area contributed by atoms with Gasteiger partial charge < -0.3 is 4.52 Å². The van der Waals surface area contributed by atoms with Gasteiger partial charge in [0, 0.05) is 4.90 Å². The van der Waals surface area contributed by atoms with E-state index in [9.17, 15) is 4.39 Å². The highest BCUT2D eigenvalue weighted by molar-refractivity contribution is 7.99. The molecule has 0 saturated carbocycles. The Morgan fingerprint density at radius 2 is 2.24 bits per heavy atom. The number of rotatable bonds is 4. The van der Waals surface area contributed by atoms with Gasteiger partial charge in [-0.1, -0.05) is 22.8 Å². The average Bonchev–Trinajstić information content (AvgIpc) is 3.12. The van der Waals surface area contributed by atoms with Gasteiger partial charge in [0.1, 0.15) is 5.82 Å². The molecule has 2 heterocycles. The molecule has 3 aromatic rings. The lowest BCUT2D eigenvalue weighted by atomic mass is 10.3. The van der Waals surface area contributed by atoms with Crippen LogP contribution < -0.4 is 0 Å². The van der Waals surface area contributed by atoms with Gasteiger partial charge in [0.05, 0.1) is 15.1 Å². The quantitative estimate of drug-likeness (QED) is 0.592. The first-order valence-electron chi connectivity index (χ1n) is 6.12. The number of halogens is 2. The second-order valence-electron chi connectivity index (χ2n) is 4.27. The normalized spacial score (nSPS) is 12.5. The van der Waals surface area contributed by atoms with Crippen LogP contribution in [-0.2, 0) is 0 Å². The fourth-order valence-corrected chi connectivity index (χ4v) is 3.54. The van der Waals surface area contributed by atoms with Crippen molar-refractivity contribution in [3.05, 3.63) is 52.4 Å². The summed E-state index contributed by atoms with van der Waals surface area (Å²) in [5, 5.41) is 6.00. The van der Waals surface area contributed by atoms with Crippen molar-refractivity contribution in [3.63, 3.8) is 0 Å². The molecule has 0 fully saturated rings. The predicted molar refractivity (Wildman–Crippen MR) is 83.3 cm³/mol. The molecule has 0 aliphatic carbocycles. The minimum Gasteiger partial charge on any atom is -0.338 e. The monoisotopic (exact) mass is 340 g/mol. The topological polar surface area (TPSA) is 38.9 Å². The fraction of sp³-hybridized carbons (Fsp3) is 0.143. The van der Waals surface area contributed by atoms with E-state index < -0.39 is 5.82 Å². The van der Waals surface area contributed by atoms with Gasteiger partial charge in [-0.25, -0.2) is 4.39 Å². The summed E-state index contributed by atoms with van der Waals surface area (Å²) in [6.45, 7) is 1.95. The summed E-state index contributed by atoms with van der Waals surface area (Å²) >= 11 is 8.82. The molecule has 1 atom stereocenters. The maximum atomic E-state index is 13.1. The third-order valence-corrected chi connectivity index (χ3v) is 4.97. The minimum atomic E-state index is -0.425. The van der Waals surface area contributed by atoms with Crippen LogP contribution in [0.2, 0.25) is 5.02 Å². The van der Waals surface area contributed by atoms with Gasteiger partial charge in [-0.15, -0.1) is 23.1 Å². The van der Waals surface area contributed by atoms with Crippen molar-refractivity contribution >= 4 is 34.7 Å². The highest BCUT2D eigenvalue weighted by Gasteiger charge is 2.17.